The molecule has 0 spiro atoms. The Labute approximate surface area is 105 Å². The lowest BCUT2D eigenvalue weighted by Crippen LogP contribution is -2.28. The first-order chi connectivity index (χ1) is 8.33. The number of nitriles is 1. The van der Waals surface area contributed by atoms with Gasteiger partial charge in [0, 0.05) is 12.5 Å². The van der Waals surface area contributed by atoms with Crippen LogP contribution in [0.3, 0.4) is 0 Å². The van der Waals surface area contributed by atoms with Crippen LogP contribution in [0.2, 0.25) is 0 Å². The second kappa shape index (κ2) is 6.40. The minimum Gasteiger partial charge on any atom is -0.379 e. The van der Waals surface area contributed by atoms with E-state index in [0.29, 0.717) is 12.0 Å². The molecule has 0 aromatic heterocycles. The van der Waals surface area contributed by atoms with Crippen molar-refractivity contribution in [3.63, 3.8) is 0 Å². The Bertz CT molecular complexity index is 255. The summed E-state index contributed by atoms with van der Waals surface area (Å²) in [6, 6.07) is 2.43. The van der Waals surface area contributed by atoms with Crippen molar-refractivity contribution in [3.8, 4) is 6.07 Å². The van der Waals surface area contributed by atoms with Gasteiger partial charge in [-0.15, -0.1) is 0 Å². The summed E-state index contributed by atoms with van der Waals surface area (Å²) in [6.07, 6.45) is 10.6. The molecule has 0 amide bonds. The van der Waals surface area contributed by atoms with Crippen molar-refractivity contribution in [2.45, 2.75) is 64.4 Å². The zero-order chi connectivity index (χ0) is 12.1. The molecule has 2 saturated carbocycles. The van der Waals surface area contributed by atoms with Crippen molar-refractivity contribution in [2.24, 2.45) is 17.8 Å². The Hall–Kier alpha value is -0.550. The molecule has 0 heterocycles. The van der Waals surface area contributed by atoms with E-state index in [0.717, 1.165) is 31.3 Å². The van der Waals surface area contributed by atoms with Gasteiger partial charge in [0.1, 0.15) is 0 Å². The number of ether oxygens (including phenoxy) is 1. The van der Waals surface area contributed by atoms with Crippen LogP contribution in [0.4, 0.5) is 0 Å². The number of hydrogen-bond donors (Lipinski definition) is 0. The van der Waals surface area contributed by atoms with E-state index in [1.165, 1.54) is 38.5 Å². The monoisotopic (exact) mass is 235 g/mol. The highest BCUT2D eigenvalue weighted by atomic mass is 16.5. The molecule has 0 aromatic carbocycles. The summed E-state index contributed by atoms with van der Waals surface area (Å²) in [4.78, 5) is 0. The third kappa shape index (κ3) is 3.45. The molecule has 2 nitrogen and oxygen atoms in total. The molecule has 0 aliphatic heterocycles. The Kier molecular flexibility index (Phi) is 4.86. The summed E-state index contributed by atoms with van der Waals surface area (Å²) < 4.78 is 5.71. The summed E-state index contributed by atoms with van der Waals surface area (Å²) in [5.41, 5.74) is 0. The van der Waals surface area contributed by atoms with E-state index in [4.69, 9.17) is 10.00 Å². The van der Waals surface area contributed by atoms with Crippen molar-refractivity contribution >= 4 is 0 Å². The summed E-state index contributed by atoms with van der Waals surface area (Å²) in [6.45, 7) is 2.96. The molecular weight excluding hydrogens is 210 g/mol. The highest BCUT2D eigenvalue weighted by Crippen LogP contribution is 2.40. The quantitative estimate of drug-likeness (QED) is 0.743. The van der Waals surface area contributed by atoms with Crippen LogP contribution in [0.25, 0.3) is 0 Å². The number of hydrogen-bond acceptors (Lipinski definition) is 2. The number of nitrogens with zero attached hydrogens (tertiary/aromatic N) is 1. The van der Waals surface area contributed by atoms with Crippen LogP contribution in [0, 0.1) is 29.1 Å². The molecule has 96 valence electrons. The van der Waals surface area contributed by atoms with E-state index in [2.05, 4.69) is 13.0 Å². The van der Waals surface area contributed by atoms with Gasteiger partial charge < -0.3 is 4.74 Å². The highest BCUT2D eigenvalue weighted by molar-refractivity contribution is 4.89. The van der Waals surface area contributed by atoms with Gasteiger partial charge in [0.2, 0.25) is 0 Å². The SMILES string of the molecule is CCOC1CCC(C2CCC(C#N)CC2)CC1. The van der Waals surface area contributed by atoms with Gasteiger partial charge in [0.15, 0.2) is 0 Å². The topological polar surface area (TPSA) is 33.0 Å². The second-order valence-electron chi connectivity index (χ2n) is 5.73. The molecule has 0 aromatic rings. The average Bonchev–Trinajstić information content (AvgIpc) is 2.40. The standard InChI is InChI=1S/C15H25NO/c1-2-17-15-9-7-14(8-10-15)13-5-3-12(11-16)4-6-13/h12-15H,2-10H2,1H3. The maximum absolute atomic E-state index is 8.91. The van der Waals surface area contributed by atoms with Gasteiger partial charge >= 0.3 is 0 Å². The fourth-order valence-corrected chi connectivity index (χ4v) is 3.68. The largest absolute Gasteiger partial charge is 0.379 e. The van der Waals surface area contributed by atoms with E-state index in [1.54, 1.807) is 0 Å². The molecule has 2 aliphatic carbocycles. The molecule has 0 N–H and O–H groups in total. The second-order valence-corrected chi connectivity index (χ2v) is 5.73. The molecule has 0 bridgehead atoms. The Balaban J connectivity index is 1.72. The van der Waals surface area contributed by atoms with Crippen molar-refractivity contribution in [2.75, 3.05) is 6.61 Å². The van der Waals surface area contributed by atoms with Crippen LogP contribution in [0.5, 0.6) is 0 Å². The normalized spacial score (nSPS) is 38.6. The van der Waals surface area contributed by atoms with Gasteiger partial charge in [-0.3, -0.25) is 0 Å². The van der Waals surface area contributed by atoms with Gasteiger partial charge in [-0.25, -0.2) is 0 Å². The number of rotatable bonds is 3. The zero-order valence-corrected chi connectivity index (χ0v) is 11.0. The van der Waals surface area contributed by atoms with Crippen LogP contribution in [0.1, 0.15) is 58.3 Å². The summed E-state index contributed by atoms with van der Waals surface area (Å²) in [5.74, 6) is 2.18. The van der Waals surface area contributed by atoms with Crippen LogP contribution in [-0.2, 0) is 4.74 Å². The molecular formula is C15H25NO. The fourth-order valence-electron chi connectivity index (χ4n) is 3.68. The lowest BCUT2D eigenvalue weighted by molar-refractivity contribution is 0.0143. The summed E-state index contributed by atoms with van der Waals surface area (Å²) in [7, 11) is 0. The Morgan fingerprint density at radius 2 is 1.47 bits per heavy atom. The molecule has 2 aliphatic rings. The maximum atomic E-state index is 8.91. The van der Waals surface area contributed by atoms with Crippen LogP contribution >= 0.6 is 0 Å². The lowest BCUT2D eigenvalue weighted by atomic mass is 9.71. The summed E-state index contributed by atoms with van der Waals surface area (Å²) in [5, 5.41) is 8.91. The Morgan fingerprint density at radius 3 is 1.94 bits per heavy atom. The maximum Gasteiger partial charge on any atom is 0.0655 e. The molecule has 0 unspecified atom stereocenters. The average molecular weight is 235 g/mol. The lowest BCUT2D eigenvalue weighted by Gasteiger charge is -2.36. The first-order valence-corrected chi connectivity index (χ1v) is 7.34. The highest BCUT2D eigenvalue weighted by Gasteiger charge is 2.30. The van der Waals surface area contributed by atoms with E-state index in [1.807, 2.05) is 0 Å². The van der Waals surface area contributed by atoms with Crippen LogP contribution in [0.15, 0.2) is 0 Å². The molecule has 2 fully saturated rings. The van der Waals surface area contributed by atoms with Crippen LogP contribution in [-0.4, -0.2) is 12.7 Å². The third-order valence-corrected chi connectivity index (χ3v) is 4.74. The molecule has 17 heavy (non-hydrogen) atoms. The summed E-state index contributed by atoms with van der Waals surface area (Å²) >= 11 is 0. The Morgan fingerprint density at radius 1 is 0.941 bits per heavy atom. The third-order valence-electron chi connectivity index (χ3n) is 4.74. The van der Waals surface area contributed by atoms with Gasteiger partial charge in [-0.1, -0.05) is 0 Å². The van der Waals surface area contributed by atoms with Crippen molar-refractivity contribution in [3.05, 3.63) is 0 Å². The van der Waals surface area contributed by atoms with Crippen molar-refractivity contribution in [1.82, 2.24) is 0 Å². The van der Waals surface area contributed by atoms with E-state index in [9.17, 15) is 0 Å². The van der Waals surface area contributed by atoms with Crippen molar-refractivity contribution in [1.29, 1.82) is 5.26 Å². The first-order valence-electron chi connectivity index (χ1n) is 7.34. The predicted octanol–water partition coefficient (Wildman–Crippen LogP) is 3.91. The molecule has 2 heteroatoms. The van der Waals surface area contributed by atoms with Crippen LogP contribution < -0.4 is 0 Å². The van der Waals surface area contributed by atoms with E-state index >= 15 is 0 Å². The van der Waals surface area contributed by atoms with Gasteiger partial charge in [-0.2, -0.15) is 5.26 Å². The molecule has 2 rings (SSSR count). The van der Waals surface area contributed by atoms with E-state index in [-0.39, 0.29) is 0 Å². The molecule has 0 saturated heterocycles. The molecule has 0 radical (unpaired) electrons. The zero-order valence-electron chi connectivity index (χ0n) is 11.0. The minimum absolute atomic E-state index is 0.353. The van der Waals surface area contributed by atoms with E-state index < -0.39 is 0 Å². The first kappa shape index (κ1) is 12.9. The van der Waals surface area contributed by atoms with Gasteiger partial charge in [0.05, 0.1) is 12.2 Å². The van der Waals surface area contributed by atoms with Crippen molar-refractivity contribution < 1.29 is 4.74 Å². The molecule has 0 atom stereocenters. The predicted molar refractivity (Wildman–Crippen MR) is 68.4 cm³/mol. The van der Waals surface area contributed by atoms with Gasteiger partial charge in [-0.05, 0) is 70.1 Å². The fraction of sp³-hybridized carbons (Fsp3) is 0.933. The smallest absolute Gasteiger partial charge is 0.0655 e. The minimum atomic E-state index is 0.353. The van der Waals surface area contributed by atoms with Gasteiger partial charge in [0.25, 0.3) is 0 Å².